The fraction of sp³-hybridized carbons (Fsp3) is 0.105. The van der Waals surface area contributed by atoms with Crippen molar-refractivity contribution in [2.24, 2.45) is 0 Å². The lowest BCUT2D eigenvalue weighted by Gasteiger charge is -2.10. The van der Waals surface area contributed by atoms with Crippen LogP contribution in [0.1, 0.15) is 0 Å². The van der Waals surface area contributed by atoms with Crippen LogP contribution >= 0.6 is 0 Å². The molecule has 1 amide bonds. The van der Waals surface area contributed by atoms with E-state index in [0.717, 1.165) is 16.0 Å². The molecule has 7 nitrogen and oxygen atoms in total. The predicted octanol–water partition coefficient (Wildman–Crippen LogP) is 2.93. The number of benzene rings is 2. The summed E-state index contributed by atoms with van der Waals surface area (Å²) in [5.74, 6) is -0.790. The normalized spacial score (nSPS) is 11.0. The lowest BCUT2D eigenvalue weighted by molar-refractivity contribution is -0.116. The van der Waals surface area contributed by atoms with E-state index in [2.05, 4.69) is 10.3 Å². The molecular weight excluding hydrogens is 353 g/mol. The monoisotopic (exact) mass is 367 g/mol. The maximum Gasteiger partial charge on any atom is 0.297 e. The summed E-state index contributed by atoms with van der Waals surface area (Å²) in [5.41, 5.74) is 0.931. The molecule has 1 N–H and O–H groups in total. The van der Waals surface area contributed by atoms with Gasteiger partial charge in [-0.3, -0.25) is 14.2 Å². The number of para-hydroxylation sites is 1. The van der Waals surface area contributed by atoms with Gasteiger partial charge in [0.1, 0.15) is 29.2 Å². The van der Waals surface area contributed by atoms with E-state index in [9.17, 15) is 14.0 Å². The van der Waals surface area contributed by atoms with Crippen LogP contribution in [0.4, 0.5) is 10.1 Å². The Kier molecular flexibility index (Phi) is 4.08. The number of fused-ring (bicyclic) bond motifs is 3. The van der Waals surface area contributed by atoms with Gasteiger partial charge in [0, 0.05) is 11.5 Å². The highest BCUT2D eigenvalue weighted by Crippen LogP contribution is 2.25. The van der Waals surface area contributed by atoms with Crippen molar-refractivity contribution in [2.45, 2.75) is 6.54 Å². The minimum absolute atomic E-state index is 0.0888. The Balaban J connectivity index is 1.63. The zero-order valence-corrected chi connectivity index (χ0v) is 14.2. The molecule has 0 unspecified atom stereocenters. The van der Waals surface area contributed by atoms with Crippen LogP contribution in [-0.2, 0) is 11.3 Å². The molecule has 0 fully saturated rings. The van der Waals surface area contributed by atoms with Gasteiger partial charge in [-0.1, -0.05) is 12.1 Å². The molecule has 0 radical (unpaired) electrons. The van der Waals surface area contributed by atoms with Crippen LogP contribution in [0.3, 0.4) is 0 Å². The van der Waals surface area contributed by atoms with Gasteiger partial charge < -0.3 is 14.5 Å². The minimum atomic E-state index is -0.487. The Morgan fingerprint density at radius 2 is 2.11 bits per heavy atom. The molecule has 2 aromatic heterocycles. The number of furan rings is 1. The molecule has 27 heavy (non-hydrogen) atoms. The third-order valence-corrected chi connectivity index (χ3v) is 4.10. The molecule has 2 aromatic carbocycles. The van der Waals surface area contributed by atoms with Crippen LogP contribution in [0, 0.1) is 5.82 Å². The number of nitrogens with one attached hydrogen (secondary N) is 1. The van der Waals surface area contributed by atoms with Crippen molar-refractivity contribution in [3.8, 4) is 5.75 Å². The molecule has 2 heterocycles. The Labute approximate surface area is 152 Å². The lowest BCUT2D eigenvalue weighted by atomic mass is 10.2. The van der Waals surface area contributed by atoms with E-state index >= 15 is 0 Å². The number of methoxy groups -OCH3 is 1. The van der Waals surface area contributed by atoms with Gasteiger partial charge in [0.2, 0.25) is 11.5 Å². The Bertz CT molecular complexity index is 1230. The van der Waals surface area contributed by atoms with Gasteiger partial charge in [0.15, 0.2) is 0 Å². The highest BCUT2D eigenvalue weighted by Gasteiger charge is 2.15. The predicted molar refractivity (Wildman–Crippen MR) is 97.4 cm³/mol. The second kappa shape index (κ2) is 6.56. The van der Waals surface area contributed by atoms with Crippen molar-refractivity contribution in [1.82, 2.24) is 9.55 Å². The van der Waals surface area contributed by atoms with Gasteiger partial charge in [-0.25, -0.2) is 9.37 Å². The number of hydrogen-bond acceptors (Lipinski definition) is 5. The maximum absolute atomic E-state index is 13.3. The van der Waals surface area contributed by atoms with Crippen molar-refractivity contribution >= 4 is 33.7 Å². The van der Waals surface area contributed by atoms with Crippen molar-refractivity contribution in [3.63, 3.8) is 0 Å². The Morgan fingerprint density at radius 3 is 2.93 bits per heavy atom. The molecule has 0 saturated heterocycles. The first-order chi connectivity index (χ1) is 13.1. The van der Waals surface area contributed by atoms with Crippen LogP contribution in [0.2, 0.25) is 0 Å². The maximum atomic E-state index is 13.3. The second-order valence-electron chi connectivity index (χ2n) is 5.85. The molecule has 0 aliphatic rings. The quantitative estimate of drug-likeness (QED) is 0.599. The van der Waals surface area contributed by atoms with E-state index in [0.29, 0.717) is 16.8 Å². The average molecular weight is 367 g/mol. The molecule has 4 rings (SSSR count). The van der Waals surface area contributed by atoms with Gasteiger partial charge in [-0.2, -0.15) is 0 Å². The number of carbonyl (C=O) groups excluding carboxylic acids is 1. The number of nitrogens with zero attached hydrogens (tertiary/aromatic N) is 2. The third-order valence-electron chi connectivity index (χ3n) is 4.10. The number of hydrogen-bond donors (Lipinski definition) is 1. The van der Waals surface area contributed by atoms with Crippen LogP contribution < -0.4 is 15.6 Å². The molecule has 8 heteroatoms. The van der Waals surface area contributed by atoms with Crippen molar-refractivity contribution in [1.29, 1.82) is 0 Å². The number of aromatic nitrogens is 2. The fourth-order valence-corrected chi connectivity index (χ4v) is 2.84. The van der Waals surface area contributed by atoms with E-state index in [1.807, 2.05) is 12.1 Å². The highest BCUT2D eigenvalue weighted by molar-refractivity contribution is 6.01. The molecule has 4 aromatic rings. The molecule has 0 saturated carbocycles. The SMILES string of the molecule is COc1cc(F)ccc1NC(=O)Cn1cnc2c(oc3ccccc32)c1=O. The van der Waals surface area contributed by atoms with Crippen LogP contribution in [0.25, 0.3) is 22.1 Å². The summed E-state index contributed by atoms with van der Waals surface area (Å²) in [7, 11) is 1.37. The van der Waals surface area contributed by atoms with E-state index in [1.54, 1.807) is 12.1 Å². The van der Waals surface area contributed by atoms with Gasteiger partial charge in [-0.05, 0) is 24.3 Å². The summed E-state index contributed by atoms with van der Waals surface area (Å²) < 4.78 is 25.0. The standard InChI is InChI=1S/C19H14FN3O4/c1-26-15-8-11(20)6-7-13(15)22-16(24)9-23-10-21-17-12-4-2-3-5-14(12)27-18(17)19(23)25/h2-8,10H,9H2,1H3,(H,22,24). The van der Waals surface area contributed by atoms with Gasteiger partial charge in [-0.15, -0.1) is 0 Å². The van der Waals surface area contributed by atoms with Gasteiger partial charge in [0.25, 0.3) is 5.56 Å². The van der Waals surface area contributed by atoms with Crippen molar-refractivity contribution < 1.29 is 18.3 Å². The number of rotatable bonds is 4. The number of amides is 1. The molecule has 0 bridgehead atoms. The van der Waals surface area contributed by atoms with E-state index < -0.39 is 17.3 Å². The first kappa shape index (κ1) is 16.8. The summed E-state index contributed by atoms with van der Waals surface area (Å²) >= 11 is 0. The summed E-state index contributed by atoms with van der Waals surface area (Å²) in [6.07, 6.45) is 1.30. The topological polar surface area (TPSA) is 86.4 Å². The summed E-state index contributed by atoms with van der Waals surface area (Å²) in [4.78, 5) is 29.2. The van der Waals surface area contributed by atoms with Crippen molar-refractivity contribution in [2.75, 3.05) is 12.4 Å². The first-order valence-electron chi connectivity index (χ1n) is 8.07. The molecule has 0 atom stereocenters. The number of halogens is 1. The molecule has 0 aliphatic heterocycles. The summed E-state index contributed by atoms with van der Waals surface area (Å²) in [6, 6.07) is 10.9. The smallest absolute Gasteiger partial charge is 0.297 e. The molecule has 0 aliphatic carbocycles. The van der Waals surface area contributed by atoms with Crippen molar-refractivity contribution in [3.05, 3.63) is 65.0 Å². The molecular formula is C19H14FN3O4. The summed E-state index contributed by atoms with van der Waals surface area (Å²) in [5, 5.41) is 3.32. The van der Waals surface area contributed by atoms with E-state index in [4.69, 9.17) is 9.15 Å². The largest absolute Gasteiger partial charge is 0.494 e. The number of ether oxygens (including phenoxy) is 1. The van der Waals surface area contributed by atoms with E-state index in [1.165, 1.54) is 25.6 Å². The van der Waals surface area contributed by atoms with Crippen LogP contribution in [0.15, 0.2) is 58.0 Å². The summed E-state index contributed by atoms with van der Waals surface area (Å²) in [6.45, 7) is -0.278. The zero-order chi connectivity index (χ0) is 19.0. The highest BCUT2D eigenvalue weighted by atomic mass is 19.1. The lowest BCUT2D eigenvalue weighted by Crippen LogP contribution is -2.27. The van der Waals surface area contributed by atoms with Gasteiger partial charge >= 0.3 is 0 Å². The first-order valence-corrected chi connectivity index (χ1v) is 8.07. The zero-order valence-electron chi connectivity index (χ0n) is 14.2. The van der Waals surface area contributed by atoms with Crippen LogP contribution in [-0.4, -0.2) is 22.6 Å². The van der Waals surface area contributed by atoms with Gasteiger partial charge in [0.05, 0.1) is 19.1 Å². The third kappa shape index (κ3) is 3.01. The molecule has 0 spiro atoms. The Hall–Kier alpha value is -3.68. The number of carbonyl (C=O) groups is 1. The minimum Gasteiger partial charge on any atom is -0.494 e. The average Bonchev–Trinajstić information content (AvgIpc) is 3.05. The van der Waals surface area contributed by atoms with E-state index in [-0.39, 0.29) is 17.9 Å². The fourth-order valence-electron chi connectivity index (χ4n) is 2.84. The molecule has 136 valence electrons. The Morgan fingerprint density at radius 1 is 1.30 bits per heavy atom. The van der Waals surface area contributed by atoms with Crippen LogP contribution in [0.5, 0.6) is 5.75 Å². The second-order valence-corrected chi connectivity index (χ2v) is 5.85. The number of anilines is 1.